The summed E-state index contributed by atoms with van der Waals surface area (Å²) in [7, 11) is -0.282. The third-order valence-electron chi connectivity index (χ3n) is 11.5. The second kappa shape index (κ2) is 11.9. The number of ether oxygens (including phenoxy) is 2. The highest BCUT2D eigenvalue weighted by Crippen LogP contribution is 2.61. The van der Waals surface area contributed by atoms with Crippen LogP contribution >= 0.6 is 0 Å². The smallest absolute Gasteiger partial charge is 0.410 e. The predicted molar refractivity (Wildman–Crippen MR) is 173 cm³/mol. The minimum absolute atomic E-state index is 0.0359. The number of aryl methyl sites for hydroxylation is 1. The van der Waals surface area contributed by atoms with Crippen LogP contribution in [-0.4, -0.2) is 44.5 Å². The maximum Gasteiger partial charge on any atom is 0.410 e. The van der Waals surface area contributed by atoms with Crippen LogP contribution in [0.4, 0.5) is 4.79 Å². The maximum atomic E-state index is 13.3. The van der Waals surface area contributed by atoms with Crippen LogP contribution in [0.25, 0.3) is 0 Å². The topological polar surface area (TPSA) is 65.1 Å². The first-order chi connectivity index (χ1) is 20.2. The van der Waals surface area contributed by atoms with E-state index in [2.05, 4.69) is 59.0 Å². The molecule has 2 fully saturated rings. The van der Waals surface area contributed by atoms with Gasteiger partial charge in [0.15, 0.2) is 0 Å². The van der Waals surface area contributed by atoms with E-state index in [1.54, 1.807) is 14.0 Å². The number of hydrogen-bond donors (Lipinski definition) is 0. The molecule has 0 bridgehead atoms. The van der Waals surface area contributed by atoms with E-state index in [4.69, 9.17) is 13.9 Å². The number of fused-ring (bicyclic) bond motifs is 5. The molecule has 3 unspecified atom stereocenters. The number of benzene rings is 2. The van der Waals surface area contributed by atoms with Crippen molar-refractivity contribution < 1.29 is 23.5 Å². The number of likely N-dealkylation sites (N-methyl/N-ethyl adjacent to an activating group) is 1. The van der Waals surface area contributed by atoms with Crippen molar-refractivity contribution in [3.05, 3.63) is 65.2 Å². The van der Waals surface area contributed by atoms with Crippen LogP contribution in [0.1, 0.15) is 89.3 Å². The Morgan fingerprint density at radius 2 is 1.77 bits per heavy atom. The van der Waals surface area contributed by atoms with Crippen LogP contribution in [0, 0.1) is 17.3 Å². The second-order valence-corrected chi connectivity index (χ2v) is 19.7. The van der Waals surface area contributed by atoms with E-state index in [1.807, 2.05) is 30.3 Å². The highest BCUT2D eigenvalue weighted by Gasteiger charge is 2.56. The first-order valence-corrected chi connectivity index (χ1v) is 19.1. The number of carbonyl (C=O) groups is 2. The maximum absolute atomic E-state index is 13.3. The Labute approximate surface area is 259 Å². The molecule has 7 heteroatoms. The lowest BCUT2D eigenvalue weighted by atomic mass is 9.55. The Balaban J connectivity index is 1.21. The number of rotatable bonds is 7. The largest absolute Gasteiger partial charge is 0.543 e. The minimum Gasteiger partial charge on any atom is -0.543 e. The molecule has 43 heavy (non-hydrogen) atoms. The van der Waals surface area contributed by atoms with Gasteiger partial charge in [0, 0.05) is 12.5 Å². The van der Waals surface area contributed by atoms with Crippen molar-refractivity contribution in [2.24, 2.45) is 17.3 Å². The number of hydrogen-bond acceptors (Lipinski definition) is 5. The fourth-order valence-electron chi connectivity index (χ4n) is 7.59. The van der Waals surface area contributed by atoms with Crippen molar-refractivity contribution in [2.45, 2.75) is 116 Å². The molecule has 0 aliphatic heterocycles. The van der Waals surface area contributed by atoms with Gasteiger partial charge < -0.3 is 13.9 Å². The quantitative estimate of drug-likeness (QED) is 0.234. The van der Waals surface area contributed by atoms with E-state index in [9.17, 15) is 9.59 Å². The molecule has 0 radical (unpaired) electrons. The standard InChI is InChI=1S/C36H51NO5Si/c1-24(37(6)34(39)40-23-25-12-10-9-11-13-25)33(38)41-32-19-18-31-30-16-14-26-22-27(42-43(7,8)35(2,3)4)15-17-28(26)29(30)20-21-36(31,32)5/h9-13,15,17,22,24,29-32H,14,16,18-21,23H2,1-8H3/t24-,29?,30?,31?,32-,36-/m0/s1. The third-order valence-corrected chi connectivity index (χ3v) is 15.8. The van der Waals surface area contributed by atoms with Gasteiger partial charge in [0.25, 0.3) is 0 Å². The van der Waals surface area contributed by atoms with Gasteiger partial charge in [-0.25, -0.2) is 9.59 Å². The molecule has 6 nitrogen and oxygen atoms in total. The summed E-state index contributed by atoms with van der Waals surface area (Å²) in [5.41, 5.74) is 3.83. The fraction of sp³-hybridized carbons (Fsp3) is 0.611. The van der Waals surface area contributed by atoms with Crippen LogP contribution in [0.5, 0.6) is 5.75 Å². The zero-order valence-electron chi connectivity index (χ0n) is 27.4. The third kappa shape index (κ3) is 6.24. The van der Waals surface area contributed by atoms with Gasteiger partial charge in [0.2, 0.25) is 8.32 Å². The van der Waals surface area contributed by atoms with E-state index in [-0.39, 0.29) is 29.1 Å². The van der Waals surface area contributed by atoms with E-state index in [0.717, 1.165) is 43.4 Å². The zero-order valence-corrected chi connectivity index (χ0v) is 28.4. The second-order valence-electron chi connectivity index (χ2n) is 15.0. The molecule has 2 aromatic carbocycles. The molecule has 0 aromatic heterocycles. The van der Waals surface area contributed by atoms with Gasteiger partial charge in [-0.2, -0.15) is 0 Å². The Bertz CT molecular complexity index is 1320. The number of esters is 1. The molecular formula is C36H51NO5Si. The highest BCUT2D eigenvalue weighted by molar-refractivity contribution is 6.74. The molecule has 3 aliphatic carbocycles. The summed E-state index contributed by atoms with van der Waals surface area (Å²) in [6.45, 7) is 15.7. The Kier molecular flexibility index (Phi) is 8.78. The lowest BCUT2D eigenvalue weighted by molar-refractivity contribution is -0.162. The fourth-order valence-corrected chi connectivity index (χ4v) is 8.61. The van der Waals surface area contributed by atoms with E-state index < -0.39 is 20.5 Å². The molecule has 0 spiro atoms. The average molecular weight is 606 g/mol. The van der Waals surface area contributed by atoms with Gasteiger partial charge in [-0.1, -0.05) is 64.1 Å². The molecule has 2 aromatic rings. The first-order valence-electron chi connectivity index (χ1n) is 16.2. The van der Waals surface area contributed by atoms with Gasteiger partial charge >= 0.3 is 12.1 Å². The molecule has 3 aliphatic rings. The average Bonchev–Trinajstić information content (AvgIpc) is 3.30. The van der Waals surface area contributed by atoms with Gasteiger partial charge in [-0.3, -0.25) is 4.90 Å². The van der Waals surface area contributed by atoms with Crippen molar-refractivity contribution in [1.82, 2.24) is 4.90 Å². The summed E-state index contributed by atoms with van der Waals surface area (Å²) in [5.74, 6) is 2.37. The van der Waals surface area contributed by atoms with Crippen LogP contribution in [0.2, 0.25) is 18.1 Å². The Morgan fingerprint density at radius 1 is 1.05 bits per heavy atom. The molecular weight excluding hydrogens is 554 g/mol. The Morgan fingerprint density at radius 3 is 2.47 bits per heavy atom. The molecule has 0 saturated heterocycles. The van der Waals surface area contributed by atoms with Crippen LogP contribution < -0.4 is 4.43 Å². The van der Waals surface area contributed by atoms with Crippen molar-refractivity contribution in [1.29, 1.82) is 0 Å². The zero-order chi connectivity index (χ0) is 31.2. The molecule has 1 amide bonds. The minimum atomic E-state index is -1.88. The number of amides is 1. The number of nitrogens with zero attached hydrogens (tertiary/aromatic N) is 1. The summed E-state index contributed by atoms with van der Waals surface area (Å²) in [6.07, 6.45) is 5.73. The molecule has 2 saturated carbocycles. The summed E-state index contributed by atoms with van der Waals surface area (Å²) in [5, 5.41) is 0.170. The molecule has 6 atom stereocenters. The molecule has 5 rings (SSSR count). The van der Waals surface area contributed by atoms with Crippen LogP contribution in [0.3, 0.4) is 0 Å². The first kappa shape index (κ1) is 31.6. The van der Waals surface area contributed by atoms with Crippen molar-refractivity contribution >= 4 is 20.4 Å². The highest BCUT2D eigenvalue weighted by atomic mass is 28.4. The van der Waals surface area contributed by atoms with Crippen molar-refractivity contribution in [2.75, 3.05) is 7.05 Å². The summed E-state index contributed by atoms with van der Waals surface area (Å²) in [4.78, 5) is 27.3. The SMILES string of the molecule is C[C@@H](C(=O)O[C@H]1CCC2C3CCc4cc(O[Si](C)(C)C(C)(C)C)ccc4C3CC[C@@]21C)N(C)C(=O)OCc1ccccc1. The van der Waals surface area contributed by atoms with Gasteiger partial charge in [0.05, 0.1) is 0 Å². The van der Waals surface area contributed by atoms with Crippen LogP contribution in [-0.2, 0) is 27.3 Å². The van der Waals surface area contributed by atoms with Gasteiger partial charge in [-0.15, -0.1) is 0 Å². The summed E-state index contributed by atoms with van der Waals surface area (Å²) in [6, 6.07) is 15.7. The summed E-state index contributed by atoms with van der Waals surface area (Å²) >= 11 is 0. The number of carbonyl (C=O) groups excluding carboxylic acids is 2. The molecule has 234 valence electrons. The van der Waals surface area contributed by atoms with Crippen molar-refractivity contribution in [3.63, 3.8) is 0 Å². The van der Waals surface area contributed by atoms with Crippen LogP contribution in [0.15, 0.2) is 48.5 Å². The summed E-state index contributed by atoms with van der Waals surface area (Å²) < 4.78 is 18.3. The van der Waals surface area contributed by atoms with E-state index >= 15 is 0 Å². The lowest BCUT2D eigenvalue weighted by Gasteiger charge is -2.50. The Hall–Kier alpha value is -2.80. The molecule has 0 N–H and O–H groups in total. The predicted octanol–water partition coefficient (Wildman–Crippen LogP) is 8.50. The normalized spacial score (nSPS) is 27.3. The van der Waals surface area contributed by atoms with E-state index in [1.165, 1.54) is 22.4 Å². The van der Waals surface area contributed by atoms with Crippen molar-refractivity contribution in [3.8, 4) is 5.75 Å². The molecule has 0 heterocycles. The van der Waals surface area contributed by atoms with Gasteiger partial charge in [0.1, 0.15) is 24.5 Å². The van der Waals surface area contributed by atoms with Gasteiger partial charge in [-0.05, 0) is 110 Å². The van der Waals surface area contributed by atoms with E-state index in [0.29, 0.717) is 17.8 Å². The monoisotopic (exact) mass is 605 g/mol. The lowest BCUT2D eigenvalue weighted by Crippen LogP contribution is -2.47.